The first kappa shape index (κ1) is 22.3. The Kier molecular flexibility index (Phi) is 8.30. The van der Waals surface area contributed by atoms with Crippen molar-refractivity contribution in [2.45, 2.75) is 83.5 Å². The lowest BCUT2D eigenvalue weighted by Gasteiger charge is -2.28. The van der Waals surface area contributed by atoms with Gasteiger partial charge in [0.05, 0.1) is 0 Å². The van der Waals surface area contributed by atoms with E-state index in [0.717, 1.165) is 36.5 Å². The van der Waals surface area contributed by atoms with Crippen molar-refractivity contribution in [2.24, 2.45) is 5.92 Å². The van der Waals surface area contributed by atoms with Crippen molar-refractivity contribution in [3.05, 3.63) is 47.3 Å². The van der Waals surface area contributed by atoms with Crippen molar-refractivity contribution in [1.82, 2.24) is 9.97 Å². The summed E-state index contributed by atoms with van der Waals surface area (Å²) in [7, 11) is 0. The Bertz CT molecular complexity index is 827. The van der Waals surface area contributed by atoms with Crippen molar-refractivity contribution < 1.29 is 8.78 Å². The summed E-state index contributed by atoms with van der Waals surface area (Å²) in [6, 6.07) is 3.76. The summed E-state index contributed by atoms with van der Waals surface area (Å²) in [5.74, 6) is -0.183. The van der Waals surface area contributed by atoms with Crippen molar-refractivity contribution in [2.75, 3.05) is 0 Å². The summed E-state index contributed by atoms with van der Waals surface area (Å²) >= 11 is 0. The van der Waals surface area contributed by atoms with E-state index in [-0.39, 0.29) is 11.4 Å². The number of halogens is 2. The smallest absolute Gasteiger partial charge is 0.159 e. The summed E-state index contributed by atoms with van der Waals surface area (Å²) in [5, 5.41) is 8.79. The van der Waals surface area contributed by atoms with E-state index < -0.39 is 17.2 Å². The van der Waals surface area contributed by atoms with E-state index in [1.807, 2.05) is 0 Å². The first-order valence-corrected chi connectivity index (χ1v) is 11.3. The lowest BCUT2D eigenvalue weighted by molar-refractivity contribution is 0.301. The largest absolute Gasteiger partial charge is 0.236 e. The normalized spacial score (nSPS) is 18.9. The Labute approximate surface area is 178 Å². The van der Waals surface area contributed by atoms with Gasteiger partial charge in [-0.2, -0.15) is 5.26 Å². The van der Waals surface area contributed by atoms with Crippen LogP contribution >= 0.6 is 0 Å². The van der Waals surface area contributed by atoms with Gasteiger partial charge in [0.15, 0.2) is 5.82 Å². The van der Waals surface area contributed by atoms with Gasteiger partial charge in [-0.15, -0.1) is 0 Å². The number of benzene rings is 1. The highest BCUT2D eigenvalue weighted by Gasteiger charge is 2.23. The summed E-state index contributed by atoms with van der Waals surface area (Å²) in [6.07, 6.45) is 17.9. The van der Waals surface area contributed by atoms with E-state index in [9.17, 15) is 8.78 Å². The topological polar surface area (TPSA) is 49.6 Å². The van der Waals surface area contributed by atoms with E-state index in [1.54, 1.807) is 12.4 Å². The molecule has 160 valence electrons. The molecular formula is C25H31F2N3. The molecule has 1 fully saturated rings. The number of aromatic nitrogens is 2. The third-order valence-electron chi connectivity index (χ3n) is 6.37. The molecule has 3 nitrogen and oxygen atoms in total. The monoisotopic (exact) mass is 411 g/mol. The number of rotatable bonds is 9. The van der Waals surface area contributed by atoms with Gasteiger partial charge in [0.1, 0.15) is 23.3 Å². The van der Waals surface area contributed by atoms with Crippen molar-refractivity contribution in [1.29, 1.82) is 5.26 Å². The highest BCUT2D eigenvalue weighted by molar-refractivity contribution is 5.57. The molecule has 0 aliphatic heterocycles. The predicted octanol–water partition coefficient (Wildman–Crippen LogP) is 7.32. The molecule has 3 rings (SSSR count). The average Bonchev–Trinajstić information content (AvgIpc) is 2.76. The van der Waals surface area contributed by atoms with Gasteiger partial charge in [-0.05, 0) is 55.2 Å². The molecule has 0 N–H and O–H groups in total. The Morgan fingerprint density at radius 3 is 2.13 bits per heavy atom. The van der Waals surface area contributed by atoms with Crippen molar-refractivity contribution in [3.63, 3.8) is 0 Å². The number of hydrogen-bond acceptors (Lipinski definition) is 3. The molecule has 30 heavy (non-hydrogen) atoms. The van der Waals surface area contributed by atoms with Gasteiger partial charge in [-0.25, -0.2) is 18.7 Å². The quantitative estimate of drug-likeness (QED) is 0.406. The zero-order valence-corrected chi connectivity index (χ0v) is 17.8. The standard InChI is InChI=1S/C25H31F2N3/c1-2-3-4-5-6-7-8-18-9-11-19(12-10-18)21-16-29-25(30-17-21)20-13-23(26)22(15-28)24(27)14-20/h13-14,16-19H,2-12H2,1H3/t18-,19-. The molecule has 1 aliphatic rings. The van der Waals surface area contributed by atoms with Crippen molar-refractivity contribution >= 4 is 0 Å². The minimum absolute atomic E-state index is 0.248. The van der Waals surface area contributed by atoms with Gasteiger partial charge in [0, 0.05) is 18.0 Å². The van der Waals surface area contributed by atoms with Crippen LogP contribution in [0.1, 0.15) is 94.6 Å². The number of hydrogen-bond donors (Lipinski definition) is 0. The summed E-state index contributed by atoms with van der Waals surface area (Å²) in [5.41, 5.74) is 0.776. The molecule has 0 spiro atoms. The molecular weight excluding hydrogens is 380 g/mol. The molecule has 0 radical (unpaired) electrons. The fourth-order valence-electron chi connectivity index (χ4n) is 4.50. The second kappa shape index (κ2) is 11.2. The second-order valence-electron chi connectivity index (χ2n) is 8.54. The van der Waals surface area contributed by atoms with E-state index in [0.29, 0.717) is 5.92 Å². The molecule has 1 heterocycles. The van der Waals surface area contributed by atoms with Gasteiger partial charge in [0.25, 0.3) is 0 Å². The minimum atomic E-state index is -0.885. The predicted molar refractivity (Wildman–Crippen MR) is 115 cm³/mol. The number of nitrogens with zero attached hydrogens (tertiary/aromatic N) is 3. The van der Waals surface area contributed by atoms with Crippen LogP contribution in [-0.4, -0.2) is 9.97 Å². The highest BCUT2D eigenvalue weighted by atomic mass is 19.1. The highest BCUT2D eigenvalue weighted by Crippen LogP contribution is 2.37. The van der Waals surface area contributed by atoms with Crippen LogP contribution in [0, 0.1) is 28.9 Å². The lowest BCUT2D eigenvalue weighted by atomic mass is 9.77. The molecule has 2 aromatic rings. The lowest BCUT2D eigenvalue weighted by Crippen LogP contribution is -2.14. The molecule has 0 bridgehead atoms. The molecule has 1 aliphatic carbocycles. The Hall–Kier alpha value is -2.35. The van der Waals surface area contributed by atoms with Crippen LogP contribution in [0.2, 0.25) is 0 Å². The molecule has 5 heteroatoms. The molecule has 1 aromatic carbocycles. The van der Waals surface area contributed by atoms with E-state index in [1.165, 1.54) is 63.9 Å². The number of nitriles is 1. The first-order chi connectivity index (χ1) is 14.6. The van der Waals surface area contributed by atoms with Gasteiger partial charge in [-0.3, -0.25) is 0 Å². The fraction of sp³-hybridized carbons (Fsp3) is 0.560. The summed E-state index contributed by atoms with van der Waals surface area (Å²) < 4.78 is 27.7. The maximum absolute atomic E-state index is 13.9. The SMILES string of the molecule is CCCCCCCC[C@H]1CC[C@H](c2cnc(-c3cc(F)c(C#N)c(F)c3)nc2)CC1. The molecule has 1 aromatic heterocycles. The van der Waals surface area contributed by atoms with Gasteiger partial charge in [0.2, 0.25) is 0 Å². The summed E-state index contributed by atoms with van der Waals surface area (Å²) in [4.78, 5) is 8.68. The van der Waals surface area contributed by atoms with Crippen molar-refractivity contribution in [3.8, 4) is 17.5 Å². The Morgan fingerprint density at radius 2 is 1.53 bits per heavy atom. The molecule has 0 amide bonds. The summed E-state index contributed by atoms with van der Waals surface area (Å²) in [6.45, 7) is 2.25. The van der Waals surface area contributed by atoms with Gasteiger partial charge >= 0.3 is 0 Å². The van der Waals surface area contributed by atoms with E-state index >= 15 is 0 Å². The van der Waals surface area contributed by atoms with E-state index in [2.05, 4.69) is 16.9 Å². The zero-order chi connectivity index (χ0) is 21.3. The van der Waals surface area contributed by atoms with Crippen LogP contribution in [0.4, 0.5) is 8.78 Å². The van der Waals surface area contributed by atoms with Crippen LogP contribution in [0.5, 0.6) is 0 Å². The van der Waals surface area contributed by atoms with Gasteiger partial charge in [-0.1, -0.05) is 51.9 Å². The zero-order valence-electron chi connectivity index (χ0n) is 17.8. The molecule has 0 saturated heterocycles. The minimum Gasteiger partial charge on any atom is -0.236 e. The Morgan fingerprint density at radius 1 is 0.933 bits per heavy atom. The third-order valence-corrected chi connectivity index (χ3v) is 6.37. The first-order valence-electron chi connectivity index (χ1n) is 11.3. The van der Waals surface area contributed by atoms with Crippen LogP contribution in [-0.2, 0) is 0 Å². The molecule has 0 atom stereocenters. The Balaban J connectivity index is 1.50. The average molecular weight is 412 g/mol. The maximum atomic E-state index is 13.9. The van der Waals surface area contributed by atoms with Crippen LogP contribution in [0.3, 0.4) is 0 Å². The maximum Gasteiger partial charge on any atom is 0.159 e. The molecule has 0 unspecified atom stereocenters. The van der Waals surface area contributed by atoms with Crippen LogP contribution in [0.15, 0.2) is 24.5 Å². The van der Waals surface area contributed by atoms with Crippen LogP contribution < -0.4 is 0 Å². The number of unbranched alkanes of at least 4 members (excludes halogenated alkanes) is 5. The molecule has 1 saturated carbocycles. The van der Waals surface area contributed by atoms with Crippen LogP contribution in [0.25, 0.3) is 11.4 Å². The van der Waals surface area contributed by atoms with Gasteiger partial charge < -0.3 is 0 Å². The fourth-order valence-corrected chi connectivity index (χ4v) is 4.50. The second-order valence-corrected chi connectivity index (χ2v) is 8.54. The third kappa shape index (κ3) is 5.84. The van der Waals surface area contributed by atoms with E-state index in [4.69, 9.17) is 5.26 Å².